The Morgan fingerprint density at radius 3 is 2.27 bits per heavy atom. The summed E-state index contributed by atoms with van der Waals surface area (Å²) in [5, 5.41) is 2.67. The summed E-state index contributed by atoms with van der Waals surface area (Å²) >= 11 is 0. The molecule has 0 aliphatic carbocycles. The third-order valence-corrected chi connectivity index (χ3v) is 3.48. The Morgan fingerprint density at radius 1 is 1.00 bits per heavy atom. The lowest BCUT2D eigenvalue weighted by atomic mass is 10.2. The van der Waals surface area contributed by atoms with Crippen molar-refractivity contribution in [1.82, 2.24) is 5.32 Å². The van der Waals surface area contributed by atoms with Gasteiger partial charge in [0.05, 0.1) is 0 Å². The fourth-order valence-electron chi connectivity index (χ4n) is 2.02. The summed E-state index contributed by atoms with van der Waals surface area (Å²) in [4.78, 5) is 25.3. The van der Waals surface area contributed by atoms with Gasteiger partial charge in [-0.1, -0.05) is 12.1 Å². The van der Waals surface area contributed by atoms with Crippen molar-refractivity contribution in [1.29, 1.82) is 0 Å². The van der Waals surface area contributed by atoms with Crippen LogP contribution in [-0.4, -0.2) is 39.2 Å². The number of nitrogens with one attached hydrogen (secondary N) is 1. The van der Waals surface area contributed by atoms with Gasteiger partial charge in [-0.3, -0.25) is 4.79 Å². The number of carbonyl (C=O) groups excluding carboxylic acids is 2. The van der Waals surface area contributed by atoms with E-state index in [2.05, 4.69) is 5.32 Å². The number of halogens is 1. The standard InChI is InChI=1S/C19H21FN2O4/c1-22(2)16-7-3-14(4-8-16)11-21-18(23)12-26-19(24)13-25-17-9-5-15(20)6-10-17/h3-10H,11-13H2,1-2H3,(H,21,23). The molecule has 7 heteroatoms. The number of esters is 1. The molecule has 0 saturated heterocycles. The minimum absolute atomic E-state index is 0.342. The quantitative estimate of drug-likeness (QED) is 0.731. The molecule has 0 fully saturated rings. The van der Waals surface area contributed by atoms with Gasteiger partial charge >= 0.3 is 5.97 Å². The van der Waals surface area contributed by atoms with E-state index in [9.17, 15) is 14.0 Å². The van der Waals surface area contributed by atoms with E-state index in [1.54, 1.807) is 0 Å². The lowest BCUT2D eigenvalue weighted by Crippen LogP contribution is -2.29. The minimum Gasteiger partial charge on any atom is -0.482 e. The number of hydrogen-bond acceptors (Lipinski definition) is 5. The Hall–Kier alpha value is -3.09. The molecule has 1 amide bonds. The van der Waals surface area contributed by atoms with Gasteiger partial charge in [-0.15, -0.1) is 0 Å². The third-order valence-electron chi connectivity index (χ3n) is 3.48. The van der Waals surface area contributed by atoms with Gasteiger partial charge in [0, 0.05) is 26.3 Å². The summed E-state index contributed by atoms with van der Waals surface area (Å²) in [6.45, 7) is -0.400. The Kier molecular flexibility index (Phi) is 6.96. The summed E-state index contributed by atoms with van der Waals surface area (Å²) in [5.74, 6) is -1.14. The summed E-state index contributed by atoms with van der Waals surface area (Å²) in [7, 11) is 3.90. The van der Waals surface area contributed by atoms with Crippen molar-refractivity contribution < 1.29 is 23.5 Å². The molecule has 0 atom stereocenters. The first kappa shape index (κ1) is 19.2. The number of nitrogens with zero attached hydrogens (tertiary/aromatic N) is 1. The molecule has 0 bridgehead atoms. The first-order valence-electron chi connectivity index (χ1n) is 8.01. The normalized spacial score (nSPS) is 10.1. The van der Waals surface area contributed by atoms with Gasteiger partial charge in [-0.2, -0.15) is 0 Å². The molecule has 138 valence electrons. The number of amides is 1. The van der Waals surface area contributed by atoms with E-state index in [-0.39, 0.29) is 13.2 Å². The second-order valence-electron chi connectivity index (χ2n) is 5.74. The van der Waals surface area contributed by atoms with E-state index < -0.39 is 17.7 Å². The Bertz CT molecular complexity index is 730. The van der Waals surface area contributed by atoms with E-state index in [0.29, 0.717) is 12.3 Å². The molecule has 2 aromatic carbocycles. The van der Waals surface area contributed by atoms with Gasteiger partial charge in [0.1, 0.15) is 11.6 Å². The fourth-order valence-corrected chi connectivity index (χ4v) is 2.02. The van der Waals surface area contributed by atoms with Crippen molar-refractivity contribution in [3.8, 4) is 5.75 Å². The van der Waals surface area contributed by atoms with Crippen LogP contribution in [0, 0.1) is 5.82 Å². The van der Waals surface area contributed by atoms with Gasteiger partial charge in [0.2, 0.25) is 0 Å². The molecule has 2 rings (SSSR count). The predicted octanol–water partition coefficient (Wildman–Crippen LogP) is 2.13. The number of hydrogen-bond donors (Lipinski definition) is 1. The van der Waals surface area contributed by atoms with Gasteiger partial charge in [-0.05, 0) is 42.0 Å². The summed E-state index contributed by atoms with van der Waals surface area (Å²) in [6.07, 6.45) is 0. The molecule has 2 aromatic rings. The molecule has 0 radical (unpaired) electrons. The lowest BCUT2D eigenvalue weighted by Gasteiger charge is -2.13. The zero-order chi connectivity index (χ0) is 18.9. The Morgan fingerprint density at radius 2 is 1.65 bits per heavy atom. The van der Waals surface area contributed by atoms with E-state index in [1.165, 1.54) is 24.3 Å². The van der Waals surface area contributed by atoms with Crippen molar-refractivity contribution >= 4 is 17.6 Å². The molecule has 6 nitrogen and oxygen atoms in total. The Labute approximate surface area is 151 Å². The first-order chi connectivity index (χ1) is 12.4. The number of benzene rings is 2. The zero-order valence-corrected chi connectivity index (χ0v) is 14.7. The molecule has 0 unspecified atom stereocenters. The van der Waals surface area contributed by atoms with Gasteiger partial charge in [0.15, 0.2) is 13.2 Å². The SMILES string of the molecule is CN(C)c1ccc(CNC(=O)COC(=O)COc2ccc(F)cc2)cc1. The number of ether oxygens (including phenoxy) is 2. The van der Waals surface area contributed by atoms with E-state index >= 15 is 0 Å². The average molecular weight is 360 g/mol. The lowest BCUT2D eigenvalue weighted by molar-refractivity contribution is -0.150. The van der Waals surface area contributed by atoms with Crippen LogP contribution in [0.3, 0.4) is 0 Å². The second-order valence-corrected chi connectivity index (χ2v) is 5.74. The van der Waals surface area contributed by atoms with Crippen LogP contribution in [0.2, 0.25) is 0 Å². The maximum absolute atomic E-state index is 12.8. The van der Waals surface area contributed by atoms with Crippen LogP contribution in [0.15, 0.2) is 48.5 Å². The van der Waals surface area contributed by atoms with E-state index in [0.717, 1.165) is 11.3 Å². The largest absolute Gasteiger partial charge is 0.482 e. The molecule has 26 heavy (non-hydrogen) atoms. The highest BCUT2D eigenvalue weighted by atomic mass is 19.1. The first-order valence-corrected chi connectivity index (χ1v) is 8.01. The summed E-state index contributed by atoms with van der Waals surface area (Å²) in [6, 6.07) is 13.0. The van der Waals surface area contributed by atoms with E-state index in [1.807, 2.05) is 43.3 Å². The van der Waals surface area contributed by atoms with Crippen LogP contribution in [0.5, 0.6) is 5.75 Å². The number of rotatable bonds is 8. The van der Waals surface area contributed by atoms with Crippen molar-refractivity contribution in [2.45, 2.75) is 6.54 Å². The smallest absolute Gasteiger partial charge is 0.344 e. The van der Waals surface area contributed by atoms with Crippen LogP contribution in [0.4, 0.5) is 10.1 Å². The maximum atomic E-state index is 12.8. The summed E-state index contributed by atoms with van der Waals surface area (Å²) < 4.78 is 22.7. The zero-order valence-electron chi connectivity index (χ0n) is 14.7. The van der Waals surface area contributed by atoms with Crippen molar-refractivity contribution in [2.75, 3.05) is 32.2 Å². The molecular formula is C19H21FN2O4. The molecule has 0 saturated carbocycles. The van der Waals surface area contributed by atoms with Crippen molar-refractivity contribution in [3.63, 3.8) is 0 Å². The minimum atomic E-state index is -0.681. The number of carbonyl (C=O) groups is 2. The highest BCUT2D eigenvalue weighted by Gasteiger charge is 2.08. The average Bonchev–Trinajstić information content (AvgIpc) is 2.64. The third kappa shape index (κ3) is 6.43. The number of anilines is 1. The monoisotopic (exact) mass is 360 g/mol. The van der Waals surface area contributed by atoms with Crippen molar-refractivity contribution in [3.05, 3.63) is 59.9 Å². The molecule has 0 heterocycles. The molecule has 0 aliphatic rings. The predicted molar refractivity (Wildman–Crippen MR) is 95.5 cm³/mol. The highest BCUT2D eigenvalue weighted by Crippen LogP contribution is 2.12. The highest BCUT2D eigenvalue weighted by molar-refractivity contribution is 5.80. The molecule has 0 aliphatic heterocycles. The molecular weight excluding hydrogens is 339 g/mol. The van der Waals surface area contributed by atoms with Crippen LogP contribution in [-0.2, 0) is 20.9 Å². The van der Waals surface area contributed by atoms with Crippen molar-refractivity contribution in [2.24, 2.45) is 0 Å². The second kappa shape index (κ2) is 9.41. The van der Waals surface area contributed by atoms with Gasteiger partial charge in [-0.25, -0.2) is 9.18 Å². The summed E-state index contributed by atoms with van der Waals surface area (Å²) in [5.41, 5.74) is 2.00. The van der Waals surface area contributed by atoms with E-state index in [4.69, 9.17) is 9.47 Å². The fraction of sp³-hybridized carbons (Fsp3) is 0.263. The molecule has 1 N–H and O–H groups in total. The van der Waals surface area contributed by atoms with Crippen LogP contribution in [0.1, 0.15) is 5.56 Å². The maximum Gasteiger partial charge on any atom is 0.344 e. The topological polar surface area (TPSA) is 67.9 Å². The van der Waals surface area contributed by atoms with Gasteiger partial charge < -0.3 is 19.7 Å². The van der Waals surface area contributed by atoms with Crippen LogP contribution in [0.25, 0.3) is 0 Å². The molecule has 0 aromatic heterocycles. The Balaban J connectivity index is 1.66. The van der Waals surface area contributed by atoms with Gasteiger partial charge in [0.25, 0.3) is 5.91 Å². The molecule has 0 spiro atoms. The van der Waals surface area contributed by atoms with Crippen LogP contribution >= 0.6 is 0 Å². The van der Waals surface area contributed by atoms with Crippen LogP contribution < -0.4 is 15.0 Å².